The van der Waals surface area contributed by atoms with Crippen LogP contribution in [0.15, 0.2) is 42.5 Å². The van der Waals surface area contributed by atoms with E-state index in [1.807, 2.05) is 31.2 Å². The highest BCUT2D eigenvalue weighted by molar-refractivity contribution is 6.31. The third-order valence-electron chi connectivity index (χ3n) is 5.10. The quantitative estimate of drug-likeness (QED) is 0.591. The summed E-state index contributed by atoms with van der Waals surface area (Å²) in [6.45, 7) is 1.98. The van der Waals surface area contributed by atoms with Gasteiger partial charge in [0.1, 0.15) is 23.4 Å². The summed E-state index contributed by atoms with van der Waals surface area (Å²) in [5.74, 6) is -0.0580. The van der Waals surface area contributed by atoms with Gasteiger partial charge in [0.25, 0.3) is 5.91 Å². The molecule has 0 bridgehead atoms. The molecule has 2 amide bonds. The molecule has 2 N–H and O–H groups in total. The number of aryl methyl sites for hydroxylation is 1. The highest BCUT2D eigenvalue weighted by Gasteiger charge is 2.36. The van der Waals surface area contributed by atoms with Crippen LogP contribution in [0.25, 0.3) is 11.1 Å². The lowest BCUT2D eigenvalue weighted by molar-refractivity contribution is -0.123. The zero-order chi connectivity index (χ0) is 22.1. The van der Waals surface area contributed by atoms with Crippen LogP contribution in [0.2, 0.25) is 5.02 Å². The second kappa shape index (κ2) is 8.39. The van der Waals surface area contributed by atoms with E-state index in [1.54, 1.807) is 11.8 Å². The number of hydrogen-bond donors (Lipinski definition) is 2. The van der Waals surface area contributed by atoms with Crippen molar-refractivity contribution < 1.29 is 18.7 Å². The molecule has 9 heteroatoms. The van der Waals surface area contributed by atoms with Gasteiger partial charge in [-0.3, -0.25) is 9.59 Å². The molecular formula is C22H20ClFN4O3. The van der Waals surface area contributed by atoms with E-state index in [1.165, 1.54) is 18.2 Å². The second-order valence-corrected chi connectivity index (χ2v) is 7.49. The molecule has 1 aliphatic heterocycles. The molecule has 1 unspecified atom stereocenters. The molecule has 2 aromatic carbocycles. The first-order valence-electron chi connectivity index (χ1n) is 9.72. The lowest BCUT2D eigenvalue weighted by atomic mass is 10.0. The Morgan fingerprint density at radius 1 is 1.32 bits per heavy atom. The molecule has 1 atom stereocenters. The van der Waals surface area contributed by atoms with Crippen molar-refractivity contribution in [1.82, 2.24) is 9.78 Å². The van der Waals surface area contributed by atoms with E-state index in [9.17, 15) is 14.0 Å². The highest BCUT2D eigenvalue weighted by atomic mass is 35.5. The Labute approximate surface area is 183 Å². The topological polar surface area (TPSA) is 85.2 Å². The van der Waals surface area contributed by atoms with Crippen molar-refractivity contribution in [3.05, 3.63) is 59.0 Å². The molecule has 0 saturated heterocycles. The Hall–Kier alpha value is -3.39. The number of aromatic nitrogens is 2. The van der Waals surface area contributed by atoms with Crippen LogP contribution in [0.5, 0.6) is 5.75 Å². The molecule has 0 fully saturated rings. The molecule has 31 heavy (non-hydrogen) atoms. The smallest absolute Gasteiger partial charge is 0.251 e. The molecule has 0 saturated carbocycles. The number of anilines is 2. The lowest BCUT2D eigenvalue weighted by Crippen LogP contribution is -2.24. The number of benzene rings is 2. The average Bonchev–Trinajstić information content (AvgIpc) is 3.26. The summed E-state index contributed by atoms with van der Waals surface area (Å²) < 4.78 is 20.2. The number of amides is 2. The number of carbonyl (C=O) groups excluding carboxylic acids is 2. The van der Waals surface area contributed by atoms with Crippen molar-refractivity contribution in [2.45, 2.75) is 25.8 Å². The molecule has 1 aromatic heterocycles. The van der Waals surface area contributed by atoms with Crippen molar-refractivity contribution in [3.63, 3.8) is 0 Å². The number of carbonyl (C=O) groups is 2. The van der Waals surface area contributed by atoms with Gasteiger partial charge >= 0.3 is 0 Å². The van der Waals surface area contributed by atoms with Crippen molar-refractivity contribution >= 4 is 34.9 Å². The maximum atomic E-state index is 13.3. The fraction of sp³-hybridized carbons (Fsp3) is 0.227. The van der Waals surface area contributed by atoms with Crippen molar-refractivity contribution in [1.29, 1.82) is 0 Å². The zero-order valence-corrected chi connectivity index (χ0v) is 17.7. The van der Waals surface area contributed by atoms with Gasteiger partial charge < -0.3 is 15.4 Å². The SMILES string of the molecule is CCc1nn2c(c1-c1cccc(OC)c1)NC(=O)C2CC(=O)Nc1ccc(F)c(Cl)c1. The van der Waals surface area contributed by atoms with Gasteiger partial charge in [-0.05, 0) is 42.3 Å². The van der Waals surface area contributed by atoms with Gasteiger partial charge in [-0.2, -0.15) is 5.10 Å². The van der Waals surface area contributed by atoms with Crippen LogP contribution in [0, 0.1) is 5.82 Å². The Morgan fingerprint density at radius 2 is 2.13 bits per heavy atom. The minimum Gasteiger partial charge on any atom is -0.497 e. The minimum absolute atomic E-state index is 0.0960. The van der Waals surface area contributed by atoms with Crippen LogP contribution in [0.1, 0.15) is 25.1 Å². The number of nitrogens with one attached hydrogen (secondary N) is 2. The molecule has 160 valence electrons. The van der Waals surface area contributed by atoms with E-state index in [0.717, 1.165) is 16.8 Å². The number of nitrogens with zero attached hydrogens (tertiary/aromatic N) is 2. The number of rotatable bonds is 6. The van der Waals surface area contributed by atoms with E-state index in [-0.39, 0.29) is 17.4 Å². The minimum atomic E-state index is -0.796. The lowest BCUT2D eigenvalue weighted by Gasteiger charge is -2.10. The molecule has 0 aliphatic carbocycles. The molecule has 3 aromatic rings. The number of fused-ring (bicyclic) bond motifs is 1. The van der Waals surface area contributed by atoms with E-state index in [0.29, 0.717) is 23.7 Å². The summed E-state index contributed by atoms with van der Waals surface area (Å²) in [7, 11) is 1.59. The maximum Gasteiger partial charge on any atom is 0.251 e. The summed E-state index contributed by atoms with van der Waals surface area (Å²) in [6, 6.07) is 10.6. The third-order valence-corrected chi connectivity index (χ3v) is 5.39. The molecule has 4 rings (SSSR count). The van der Waals surface area contributed by atoms with Gasteiger partial charge in [0.15, 0.2) is 0 Å². The van der Waals surface area contributed by atoms with Gasteiger partial charge in [0, 0.05) is 11.3 Å². The summed E-state index contributed by atoms with van der Waals surface area (Å²) in [5.41, 5.74) is 2.83. The summed E-state index contributed by atoms with van der Waals surface area (Å²) in [4.78, 5) is 25.2. The predicted molar refractivity (Wildman–Crippen MR) is 116 cm³/mol. The standard InChI is InChI=1S/C22H20ClFN4O3/c1-3-17-20(12-5-4-6-14(9-12)31-2)21-26-22(30)18(28(21)27-17)11-19(29)25-13-7-8-16(24)15(23)10-13/h4-10,18H,3,11H2,1-2H3,(H,25,29)(H,26,30). The van der Waals surface area contributed by atoms with Crippen molar-refractivity contribution in [2.75, 3.05) is 17.7 Å². The molecular weight excluding hydrogens is 423 g/mol. The van der Waals surface area contributed by atoms with Gasteiger partial charge in [0.2, 0.25) is 5.91 Å². The van der Waals surface area contributed by atoms with Crippen LogP contribution in [0.4, 0.5) is 15.9 Å². The first-order chi connectivity index (χ1) is 14.9. The average molecular weight is 443 g/mol. The summed E-state index contributed by atoms with van der Waals surface area (Å²) >= 11 is 5.76. The van der Waals surface area contributed by atoms with E-state index in [2.05, 4.69) is 15.7 Å². The van der Waals surface area contributed by atoms with Crippen LogP contribution < -0.4 is 15.4 Å². The largest absolute Gasteiger partial charge is 0.497 e. The summed E-state index contributed by atoms with van der Waals surface area (Å²) in [6.07, 6.45) is 0.519. The van der Waals surface area contributed by atoms with Crippen molar-refractivity contribution in [2.24, 2.45) is 0 Å². The fourth-order valence-electron chi connectivity index (χ4n) is 3.61. The number of hydrogen-bond acceptors (Lipinski definition) is 4. The third kappa shape index (κ3) is 3.98. The van der Waals surface area contributed by atoms with Crippen LogP contribution in [-0.2, 0) is 16.0 Å². The Bertz CT molecular complexity index is 1180. The monoisotopic (exact) mass is 442 g/mol. The van der Waals surface area contributed by atoms with Crippen molar-refractivity contribution in [3.8, 4) is 16.9 Å². The zero-order valence-electron chi connectivity index (χ0n) is 16.9. The van der Waals surface area contributed by atoms with E-state index >= 15 is 0 Å². The fourth-order valence-corrected chi connectivity index (χ4v) is 3.79. The van der Waals surface area contributed by atoms with Gasteiger partial charge in [-0.1, -0.05) is 30.7 Å². The Morgan fingerprint density at radius 3 is 2.84 bits per heavy atom. The van der Waals surface area contributed by atoms with Gasteiger partial charge in [-0.15, -0.1) is 0 Å². The van der Waals surface area contributed by atoms with Gasteiger partial charge in [0.05, 0.1) is 24.2 Å². The normalized spacial score (nSPS) is 14.8. The number of halogens is 2. The van der Waals surface area contributed by atoms with E-state index in [4.69, 9.17) is 16.3 Å². The Balaban J connectivity index is 1.61. The van der Waals surface area contributed by atoms with Crippen LogP contribution in [-0.4, -0.2) is 28.7 Å². The predicted octanol–water partition coefficient (Wildman–Crippen LogP) is 4.44. The highest BCUT2D eigenvalue weighted by Crippen LogP contribution is 2.39. The summed E-state index contributed by atoms with van der Waals surface area (Å²) in [5, 5.41) is 10.0. The molecule has 0 spiro atoms. The van der Waals surface area contributed by atoms with Gasteiger partial charge in [-0.25, -0.2) is 9.07 Å². The first kappa shape index (κ1) is 20.9. The number of methoxy groups -OCH3 is 1. The molecule has 7 nitrogen and oxygen atoms in total. The Kier molecular flexibility index (Phi) is 5.65. The second-order valence-electron chi connectivity index (χ2n) is 7.09. The first-order valence-corrected chi connectivity index (χ1v) is 10.1. The van der Waals surface area contributed by atoms with E-state index < -0.39 is 17.8 Å². The molecule has 0 radical (unpaired) electrons. The number of ether oxygens (including phenoxy) is 1. The molecule has 2 heterocycles. The maximum absolute atomic E-state index is 13.3. The van der Waals surface area contributed by atoms with Crippen LogP contribution in [0.3, 0.4) is 0 Å². The molecule has 1 aliphatic rings. The van der Waals surface area contributed by atoms with Crippen LogP contribution >= 0.6 is 11.6 Å².